The molecule has 0 amide bonds. The van der Waals surface area contributed by atoms with Crippen LogP contribution in [0.4, 0.5) is 0 Å². The molecule has 0 bridgehead atoms. The number of benzene rings is 2. The molecule has 2 nitrogen and oxygen atoms in total. The van der Waals surface area contributed by atoms with Crippen LogP contribution in [-0.2, 0) is 12.8 Å². The summed E-state index contributed by atoms with van der Waals surface area (Å²) in [6, 6.07) is 19.6. The minimum Gasteiger partial charge on any atom is -0.271 e. The molecule has 0 fully saturated rings. The van der Waals surface area contributed by atoms with Crippen molar-refractivity contribution in [2.24, 2.45) is 5.84 Å². The van der Waals surface area contributed by atoms with Gasteiger partial charge in [0.05, 0.1) is 0 Å². The average Bonchev–Trinajstić information content (AvgIpc) is 3.05. The normalized spacial score (nSPS) is 12.6. The van der Waals surface area contributed by atoms with Crippen LogP contribution in [0.5, 0.6) is 0 Å². The molecule has 1 heterocycles. The van der Waals surface area contributed by atoms with Crippen molar-refractivity contribution in [3.8, 4) is 0 Å². The van der Waals surface area contributed by atoms with Crippen molar-refractivity contribution in [3.05, 3.63) is 70.4 Å². The summed E-state index contributed by atoms with van der Waals surface area (Å²) >= 11 is 1.82. The van der Waals surface area contributed by atoms with E-state index in [1.54, 1.807) is 0 Å². The molecule has 0 radical (unpaired) electrons. The molecule has 0 aliphatic carbocycles. The second kappa shape index (κ2) is 6.85. The second-order valence-corrected chi connectivity index (χ2v) is 6.36. The van der Waals surface area contributed by atoms with Gasteiger partial charge in [-0.25, -0.2) is 0 Å². The first-order chi connectivity index (χ1) is 10.4. The second-order valence-electron chi connectivity index (χ2n) is 5.32. The summed E-state index contributed by atoms with van der Waals surface area (Å²) in [6.07, 6.45) is 3.10. The van der Waals surface area contributed by atoms with Gasteiger partial charge in [-0.3, -0.25) is 11.3 Å². The molecule has 1 atom stereocenters. The van der Waals surface area contributed by atoms with E-state index in [4.69, 9.17) is 5.84 Å². The first-order valence-corrected chi connectivity index (χ1v) is 8.20. The van der Waals surface area contributed by atoms with E-state index in [-0.39, 0.29) is 0 Å². The summed E-state index contributed by atoms with van der Waals surface area (Å²) in [6.45, 7) is 0. The average molecular weight is 296 g/mol. The zero-order valence-corrected chi connectivity index (χ0v) is 12.8. The molecule has 0 saturated heterocycles. The van der Waals surface area contributed by atoms with Gasteiger partial charge >= 0.3 is 0 Å². The van der Waals surface area contributed by atoms with Gasteiger partial charge in [0.1, 0.15) is 0 Å². The maximum atomic E-state index is 5.76. The predicted octanol–water partition coefficient (Wildman–Crippen LogP) is 3.91. The van der Waals surface area contributed by atoms with Crippen LogP contribution in [0.1, 0.15) is 16.9 Å². The zero-order valence-electron chi connectivity index (χ0n) is 12.0. The first kappa shape index (κ1) is 14.3. The number of nitrogens with two attached hydrogens (primary N) is 1. The van der Waals surface area contributed by atoms with Crippen LogP contribution in [0.15, 0.2) is 60.0 Å². The lowest BCUT2D eigenvalue weighted by atomic mass is 9.97. The topological polar surface area (TPSA) is 38.0 Å². The van der Waals surface area contributed by atoms with E-state index in [0.717, 1.165) is 19.3 Å². The van der Waals surface area contributed by atoms with Crippen molar-refractivity contribution in [1.82, 2.24) is 5.43 Å². The van der Waals surface area contributed by atoms with Gasteiger partial charge in [0.25, 0.3) is 0 Å². The summed E-state index contributed by atoms with van der Waals surface area (Å²) in [4.78, 5) is 1.42. The summed E-state index contributed by atoms with van der Waals surface area (Å²) < 4.78 is 0. The van der Waals surface area contributed by atoms with Crippen LogP contribution in [-0.4, -0.2) is 6.04 Å². The van der Waals surface area contributed by atoms with Crippen molar-refractivity contribution >= 4 is 22.1 Å². The lowest BCUT2D eigenvalue weighted by Gasteiger charge is -2.17. The third kappa shape index (κ3) is 3.50. The minimum absolute atomic E-state index is 0.304. The standard InChI is InChI=1S/C18H20N2S/c19-20-16(10-11-17-8-4-12-21-17)13-15-7-3-6-14-5-1-2-9-18(14)15/h1-9,12,16,20H,10-11,13,19H2. The first-order valence-electron chi connectivity index (χ1n) is 7.32. The van der Waals surface area contributed by atoms with Crippen molar-refractivity contribution in [2.45, 2.75) is 25.3 Å². The summed E-state index contributed by atoms with van der Waals surface area (Å²) in [5.41, 5.74) is 4.35. The predicted molar refractivity (Wildman–Crippen MR) is 91.4 cm³/mol. The van der Waals surface area contributed by atoms with Gasteiger partial charge in [-0.05, 0) is 47.0 Å². The van der Waals surface area contributed by atoms with Crippen LogP contribution in [0, 0.1) is 0 Å². The van der Waals surface area contributed by atoms with Crippen LogP contribution < -0.4 is 11.3 Å². The quantitative estimate of drug-likeness (QED) is 0.534. The summed E-state index contributed by atoms with van der Waals surface area (Å²) in [7, 11) is 0. The van der Waals surface area contributed by atoms with Crippen LogP contribution in [0.2, 0.25) is 0 Å². The third-order valence-electron chi connectivity index (χ3n) is 3.90. The molecule has 108 valence electrons. The Hall–Kier alpha value is -1.68. The maximum Gasteiger partial charge on any atom is 0.0254 e. The molecule has 0 saturated carbocycles. The highest BCUT2D eigenvalue weighted by Crippen LogP contribution is 2.21. The number of hydrazine groups is 1. The van der Waals surface area contributed by atoms with Crippen molar-refractivity contribution in [2.75, 3.05) is 0 Å². The van der Waals surface area contributed by atoms with E-state index in [9.17, 15) is 0 Å². The highest BCUT2D eigenvalue weighted by Gasteiger charge is 2.10. The van der Waals surface area contributed by atoms with E-state index < -0.39 is 0 Å². The van der Waals surface area contributed by atoms with E-state index in [2.05, 4.69) is 65.4 Å². The highest BCUT2D eigenvalue weighted by molar-refractivity contribution is 7.09. The smallest absolute Gasteiger partial charge is 0.0254 e. The Balaban J connectivity index is 1.73. The molecule has 0 aliphatic heterocycles. The molecule has 21 heavy (non-hydrogen) atoms. The Morgan fingerprint density at radius 2 is 1.86 bits per heavy atom. The molecule has 3 heteroatoms. The molecule has 0 aliphatic rings. The summed E-state index contributed by atoms with van der Waals surface area (Å²) in [5, 5.41) is 4.76. The SMILES string of the molecule is NNC(CCc1cccs1)Cc1cccc2ccccc12. The van der Waals surface area contributed by atoms with Gasteiger partial charge in [0, 0.05) is 10.9 Å². The molecule has 1 aromatic heterocycles. The van der Waals surface area contributed by atoms with Gasteiger partial charge in [-0.1, -0.05) is 48.5 Å². The van der Waals surface area contributed by atoms with Crippen LogP contribution >= 0.6 is 11.3 Å². The van der Waals surface area contributed by atoms with Crippen LogP contribution in [0.25, 0.3) is 10.8 Å². The highest BCUT2D eigenvalue weighted by atomic mass is 32.1. The molecular formula is C18H20N2S. The molecule has 3 aromatic rings. The van der Waals surface area contributed by atoms with E-state index in [1.165, 1.54) is 21.2 Å². The lowest BCUT2D eigenvalue weighted by molar-refractivity contribution is 0.494. The third-order valence-corrected chi connectivity index (χ3v) is 4.84. The Morgan fingerprint density at radius 3 is 2.67 bits per heavy atom. The van der Waals surface area contributed by atoms with E-state index in [0.29, 0.717) is 6.04 Å². The fraction of sp³-hybridized carbons (Fsp3) is 0.222. The Bertz CT molecular complexity index is 686. The number of hydrogen-bond donors (Lipinski definition) is 2. The van der Waals surface area contributed by atoms with Gasteiger partial charge in [0.15, 0.2) is 0 Å². The fourth-order valence-corrected chi connectivity index (χ4v) is 3.48. The maximum absolute atomic E-state index is 5.76. The number of fused-ring (bicyclic) bond motifs is 1. The molecule has 1 unspecified atom stereocenters. The number of rotatable bonds is 6. The van der Waals surface area contributed by atoms with Crippen molar-refractivity contribution in [1.29, 1.82) is 0 Å². The molecule has 3 rings (SSSR count). The summed E-state index contributed by atoms with van der Waals surface area (Å²) in [5.74, 6) is 5.76. The Labute approximate surface area is 129 Å². The fourth-order valence-electron chi connectivity index (χ4n) is 2.75. The van der Waals surface area contributed by atoms with Gasteiger partial charge < -0.3 is 0 Å². The van der Waals surface area contributed by atoms with Crippen molar-refractivity contribution in [3.63, 3.8) is 0 Å². The Morgan fingerprint density at radius 1 is 1.00 bits per heavy atom. The lowest BCUT2D eigenvalue weighted by Crippen LogP contribution is -2.37. The van der Waals surface area contributed by atoms with Crippen LogP contribution in [0.3, 0.4) is 0 Å². The minimum atomic E-state index is 0.304. The van der Waals surface area contributed by atoms with Gasteiger partial charge in [-0.2, -0.15) is 0 Å². The zero-order chi connectivity index (χ0) is 14.5. The monoisotopic (exact) mass is 296 g/mol. The number of thiophene rings is 1. The molecule has 2 aromatic carbocycles. The van der Waals surface area contributed by atoms with Crippen molar-refractivity contribution < 1.29 is 0 Å². The molecule has 3 N–H and O–H groups in total. The van der Waals surface area contributed by atoms with E-state index >= 15 is 0 Å². The largest absolute Gasteiger partial charge is 0.271 e. The molecular weight excluding hydrogens is 276 g/mol. The van der Waals surface area contributed by atoms with E-state index in [1.807, 2.05) is 11.3 Å². The number of aryl methyl sites for hydroxylation is 1. The van der Waals surface area contributed by atoms with Gasteiger partial charge in [-0.15, -0.1) is 11.3 Å². The molecule has 0 spiro atoms. The number of nitrogens with one attached hydrogen (secondary N) is 1. The number of hydrogen-bond acceptors (Lipinski definition) is 3. The van der Waals surface area contributed by atoms with Gasteiger partial charge in [0.2, 0.25) is 0 Å². The Kier molecular flexibility index (Phi) is 4.65.